The van der Waals surface area contributed by atoms with Crippen LogP contribution in [0, 0.1) is 17.3 Å². The average Bonchev–Trinajstić information content (AvgIpc) is 2.70. The maximum absolute atomic E-state index is 12.3. The number of rotatable bonds is 0. The molecule has 0 aromatic heterocycles. The van der Waals surface area contributed by atoms with Crippen LogP contribution < -0.4 is 0 Å². The SMILES string of the molecule is C=C1C(=O)O[C@@H]2C[C@H](C)[C@]3(O)CCC(=O)[C@@]3(C)C[C@H]12. The van der Waals surface area contributed by atoms with Gasteiger partial charge in [-0.3, -0.25) is 4.79 Å². The minimum absolute atomic E-state index is 0.0577. The van der Waals surface area contributed by atoms with Gasteiger partial charge in [0.1, 0.15) is 11.9 Å². The summed E-state index contributed by atoms with van der Waals surface area (Å²) in [5.41, 5.74) is -1.29. The summed E-state index contributed by atoms with van der Waals surface area (Å²) in [4.78, 5) is 23.9. The summed E-state index contributed by atoms with van der Waals surface area (Å²) in [7, 11) is 0. The highest BCUT2D eigenvalue weighted by atomic mass is 16.6. The van der Waals surface area contributed by atoms with Gasteiger partial charge in [0.2, 0.25) is 0 Å². The van der Waals surface area contributed by atoms with Crippen LogP contribution in [-0.2, 0) is 14.3 Å². The van der Waals surface area contributed by atoms with E-state index in [9.17, 15) is 14.7 Å². The number of Topliss-reactive ketones (excluding diaryl/α,β-unsaturated/α-hetero) is 1. The molecule has 0 bridgehead atoms. The summed E-state index contributed by atoms with van der Waals surface area (Å²) in [6, 6.07) is 0. The maximum Gasteiger partial charge on any atom is 0.334 e. The second kappa shape index (κ2) is 3.69. The zero-order valence-corrected chi connectivity index (χ0v) is 11.4. The molecule has 1 saturated heterocycles. The Morgan fingerprint density at radius 2 is 2.11 bits per heavy atom. The molecule has 5 atom stereocenters. The van der Waals surface area contributed by atoms with Crippen LogP contribution in [0.2, 0.25) is 0 Å². The molecule has 2 aliphatic carbocycles. The summed E-state index contributed by atoms with van der Waals surface area (Å²) in [6.07, 6.45) is 1.80. The van der Waals surface area contributed by atoms with Gasteiger partial charge in [-0.1, -0.05) is 13.5 Å². The first-order valence-corrected chi connectivity index (χ1v) is 6.95. The van der Waals surface area contributed by atoms with Crippen molar-refractivity contribution in [2.24, 2.45) is 17.3 Å². The van der Waals surface area contributed by atoms with Crippen molar-refractivity contribution in [2.75, 3.05) is 0 Å². The van der Waals surface area contributed by atoms with E-state index >= 15 is 0 Å². The smallest absolute Gasteiger partial charge is 0.334 e. The number of carbonyl (C=O) groups excluding carboxylic acids is 2. The van der Waals surface area contributed by atoms with Crippen LogP contribution >= 0.6 is 0 Å². The molecule has 4 nitrogen and oxygen atoms in total. The standard InChI is InChI=1S/C15H20O4/c1-8-6-11-10(9(2)13(17)19-11)7-14(3)12(16)4-5-15(8,14)18/h8,10-11,18H,2,4-7H2,1,3H3/t8-,10+,11+,14+,15+/m0/s1. The van der Waals surface area contributed by atoms with Gasteiger partial charge < -0.3 is 9.84 Å². The molecule has 0 unspecified atom stereocenters. The number of ether oxygens (including phenoxy) is 1. The van der Waals surface area contributed by atoms with Crippen molar-refractivity contribution in [1.82, 2.24) is 0 Å². The molecule has 0 amide bonds. The van der Waals surface area contributed by atoms with Crippen LogP contribution in [0.4, 0.5) is 0 Å². The van der Waals surface area contributed by atoms with Gasteiger partial charge in [0.15, 0.2) is 0 Å². The third-order valence-electron chi connectivity index (χ3n) is 5.75. The van der Waals surface area contributed by atoms with Gasteiger partial charge in [-0.2, -0.15) is 0 Å². The summed E-state index contributed by atoms with van der Waals surface area (Å²) in [6.45, 7) is 7.61. The number of carbonyl (C=O) groups is 2. The zero-order valence-electron chi connectivity index (χ0n) is 11.4. The van der Waals surface area contributed by atoms with Crippen LogP contribution in [0.15, 0.2) is 12.2 Å². The van der Waals surface area contributed by atoms with E-state index in [0.717, 1.165) is 0 Å². The Kier molecular flexibility index (Phi) is 2.50. The van der Waals surface area contributed by atoms with Crippen molar-refractivity contribution in [3.63, 3.8) is 0 Å². The van der Waals surface area contributed by atoms with Crippen molar-refractivity contribution in [3.05, 3.63) is 12.2 Å². The van der Waals surface area contributed by atoms with Gasteiger partial charge in [0, 0.05) is 17.9 Å². The van der Waals surface area contributed by atoms with E-state index in [1.165, 1.54) is 0 Å². The van der Waals surface area contributed by atoms with Crippen molar-refractivity contribution >= 4 is 11.8 Å². The van der Waals surface area contributed by atoms with Gasteiger partial charge in [-0.25, -0.2) is 4.79 Å². The maximum atomic E-state index is 12.3. The fourth-order valence-corrected chi connectivity index (χ4v) is 4.30. The third kappa shape index (κ3) is 1.43. The molecule has 104 valence electrons. The van der Waals surface area contributed by atoms with E-state index in [1.807, 2.05) is 13.8 Å². The molecule has 0 aromatic rings. The van der Waals surface area contributed by atoms with Crippen molar-refractivity contribution in [3.8, 4) is 0 Å². The van der Waals surface area contributed by atoms with Crippen LogP contribution in [-0.4, -0.2) is 28.6 Å². The molecule has 19 heavy (non-hydrogen) atoms. The number of fused-ring (bicyclic) bond motifs is 2. The Morgan fingerprint density at radius 1 is 1.42 bits per heavy atom. The number of ketones is 1. The average molecular weight is 264 g/mol. The van der Waals surface area contributed by atoms with Gasteiger partial charge >= 0.3 is 5.97 Å². The minimum atomic E-state index is -0.971. The second-order valence-corrected chi connectivity index (χ2v) is 6.60. The fourth-order valence-electron chi connectivity index (χ4n) is 4.30. The fraction of sp³-hybridized carbons (Fsp3) is 0.733. The Labute approximate surface area is 112 Å². The van der Waals surface area contributed by atoms with E-state index in [4.69, 9.17) is 4.74 Å². The molecule has 4 heteroatoms. The predicted molar refractivity (Wildman–Crippen MR) is 68.2 cm³/mol. The molecule has 0 aromatic carbocycles. The molecule has 3 aliphatic rings. The van der Waals surface area contributed by atoms with Crippen LogP contribution in [0.25, 0.3) is 0 Å². The number of esters is 1. The molecule has 3 rings (SSSR count). The molecule has 0 radical (unpaired) electrons. The monoisotopic (exact) mass is 264 g/mol. The van der Waals surface area contributed by atoms with E-state index in [-0.39, 0.29) is 29.7 Å². The van der Waals surface area contributed by atoms with Gasteiger partial charge in [0.25, 0.3) is 0 Å². The van der Waals surface area contributed by atoms with Gasteiger partial charge in [0.05, 0.1) is 11.0 Å². The molecular weight excluding hydrogens is 244 g/mol. The first kappa shape index (κ1) is 12.9. The zero-order chi connectivity index (χ0) is 14.0. The summed E-state index contributed by atoms with van der Waals surface area (Å²) < 4.78 is 5.36. The van der Waals surface area contributed by atoms with Gasteiger partial charge in [-0.15, -0.1) is 0 Å². The lowest BCUT2D eigenvalue weighted by Gasteiger charge is -2.41. The molecule has 1 heterocycles. The Hall–Kier alpha value is -1.16. The van der Waals surface area contributed by atoms with E-state index in [2.05, 4.69) is 6.58 Å². The normalized spacial score (nSPS) is 49.6. The molecule has 1 N–H and O–H groups in total. The summed E-state index contributed by atoms with van der Waals surface area (Å²) in [5.74, 6) is -0.426. The molecule has 3 fully saturated rings. The Balaban J connectivity index is 2.05. The second-order valence-electron chi connectivity index (χ2n) is 6.60. The van der Waals surface area contributed by atoms with E-state index in [1.54, 1.807) is 0 Å². The topological polar surface area (TPSA) is 63.6 Å². The minimum Gasteiger partial charge on any atom is -0.458 e. The molecule has 0 spiro atoms. The van der Waals surface area contributed by atoms with Crippen molar-refractivity contribution in [1.29, 1.82) is 0 Å². The highest BCUT2D eigenvalue weighted by Gasteiger charge is 2.63. The largest absolute Gasteiger partial charge is 0.458 e. The number of hydrogen-bond donors (Lipinski definition) is 1. The highest BCUT2D eigenvalue weighted by molar-refractivity contribution is 5.92. The summed E-state index contributed by atoms with van der Waals surface area (Å²) >= 11 is 0. The lowest BCUT2D eigenvalue weighted by molar-refractivity contribution is -0.144. The van der Waals surface area contributed by atoms with E-state index in [0.29, 0.717) is 31.3 Å². The molecule has 1 aliphatic heterocycles. The van der Waals surface area contributed by atoms with Gasteiger partial charge in [-0.05, 0) is 32.1 Å². The van der Waals surface area contributed by atoms with E-state index < -0.39 is 11.0 Å². The summed E-state index contributed by atoms with van der Waals surface area (Å²) in [5, 5.41) is 11.0. The molecular formula is C15H20O4. The Morgan fingerprint density at radius 3 is 2.79 bits per heavy atom. The Bertz CT molecular complexity index is 483. The van der Waals surface area contributed by atoms with Crippen LogP contribution in [0.5, 0.6) is 0 Å². The first-order valence-electron chi connectivity index (χ1n) is 6.95. The highest BCUT2D eigenvalue weighted by Crippen LogP contribution is 2.57. The number of hydrogen-bond acceptors (Lipinski definition) is 4. The molecule has 2 saturated carbocycles. The van der Waals surface area contributed by atoms with Crippen molar-refractivity contribution in [2.45, 2.75) is 51.2 Å². The lowest BCUT2D eigenvalue weighted by atomic mass is 9.66. The third-order valence-corrected chi connectivity index (χ3v) is 5.75. The predicted octanol–water partition coefficient (Wildman–Crippen LogP) is 1.61. The van der Waals surface area contributed by atoms with Crippen molar-refractivity contribution < 1.29 is 19.4 Å². The van der Waals surface area contributed by atoms with Crippen LogP contribution in [0.3, 0.4) is 0 Å². The van der Waals surface area contributed by atoms with Crippen LogP contribution in [0.1, 0.15) is 39.5 Å². The number of aliphatic hydroxyl groups is 1. The first-order chi connectivity index (χ1) is 8.79. The quantitative estimate of drug-likeness (QED) is 0.533. The lowest BCUT2D eigenvalue weighted by Crippen LogP contribution is -2.49.